The molecule has 1 aliphatic heterocycles. The standard InChI is InChI=1S/C21H41NO3/c1-2-3-4-5-6-7-8-9-10-11-12-13-14-16-21(19-25-21)20(24)22-17-15-18-23/h23H,2-19H2,1H3,(H,22,24). The van der Waals surface area contributed by atoms with E-state index in [2.05, 4.69) is 12.2 Å². The Morgan fingerprint density at radius 2 is 1.36 bits per heavy atom. The van der Waals surface area contributed by atoms with E-state index in [9.17, 15) is 4.79 Å². The van der Waals surface area contributed by atoms with Crippen molar-refractivity contribution in [2.45, 2.75) is 109 Å². The van der Waals surface area contributed by atoms with Gasteiger partial charge in [-0.3, -0.25) is 4.79 Å². The second kappa shape index (κ2) is 14.5. The van der Waals surface area contributed by atoms with Gasteiger partial charge in [-0.05, 0) is 19.3 Å². The molecule has 1 fully saturated rings. The lowest BCUT2D eigenvalue weighted by Crippen LogP contribution is -2.38. The van der Waals surface area contributed by atoms with Gasteiger partial charge in [0.1, 0.15) is 0 Å². The van der Waals surface area contributed by atoms with Crippen LogP contribution in [-0.2, 0) is 9.53 Å². The zero-order valence-electron chi connectivity index (χ0n) is 16.5. The van der Waals surface area contributed by atoms with Gasteiger partial charge in [-0.2, -0.15) is 0 Å². The molecule has 2 N–H and O–H groups in total. The minimum Gasteiger partial charge on any atom is -0.396 e. The maximum absolute atomic E-state index is 12.0. The van der Waals surface area contributed by atoms with Gasteiger partial charge in [0, 0.05) is 13.2 Å². The van der Waals surface area contributed by atoms with E-state index in [1.807, 2.05) is 0 Å². The highest BCUT2D eigenvalue weighted by Gasteiger charge is 2.51. The van der Waals surface area contributed by atoms with Crippen LogP contribution in [0.25, 0.3) is 0 Å². The number of carbonyl (C=O) groups excluding carboxylic acids is 1. The third-order valence-corrected chi connectivity index (χ3v) is 5.21. The van der Waals surface area contributed by atoms with Crippen LogP contribution in [0.1, 0.15) is 103 Å². The fourth-order valence-corrected chi connectivity index (χ4v) is 3.35. The van der Waals surface area contributed by atoms with Gasteiger partial charge in [0.2, 0.25) is 0 Å². The van der Waals surface area contributed by atoms with Gasteiger partial charge in [0.25, 0.3) is 5.91 Å². The lowest BCUT2D eigenvalue weighted by Gasteiger charge is -2.12. The van der Waals surface area contributed by atoms with Gasteiger partial charge in [-0.15, -0.1) is 0 Å². The molecule has 1 unspecified atom stereocenters. The molecule has 0 aliphatic carbocycles. The van der Waals surface area contributed by atoms with Crippen molar-refractivity contribution in [1.82, 2.24) is 5.32 Å². The number of hydrogen-bond acceptors (Lipinski definition) is 3. The summed E-state index contributed by atoms with van der Waals surface area (Å²) in [6.07, 6.45) is 18.9. The molecule has 4 nitrogen and oxygen atoms in total. The SMILES string of the molecule is CCCCCCCCCCCCCCCC1(C(=O)NCCCO)CO1. The van der Waals surface area contributed by atoms with Gasteiger partial charge >= 0.3 is 0 Å². The zero-order chi connectivity index (χ0) is 18.2. The summed E-state index contributed by atoms with van der Waals surface area (Å²) in [5.41, 5.74) is -0.534. The molecule has 1 heterocycles. The number of aliphatic hydroxyl groups excluding tert-OH is 1. The minimum absolute atomic E-state index is 0.0138. The van der Waals surface area contributed by atoms with Crippen molar-refractivity contribution in [2.75, 3.05) is 19.8 Å². The first kappa shape index (κ1) is 22.4. The number of unbranched alkanes of at least 4 members (excludes halogenated alkanes) is 12. The summed E-state index contributed by atoms with van der Waals surface area (Å²) >= 11 is 0. The Morgan fingerprint density at radius 1 is 0.880 bits per heavy atom. The molecule has 0 aromatic rings. The van der Waals surface area contributed by atoms with Crippen LogP contribution in [-0.4, -0.2) is 36.4 Å². The van der Waals surface area contributed by atoms with Crippen molar-refractivity contribution in [3.05, 3.63) is 0 Å². The second-order valence-corrected chi connectivity index (χ2v) is 7.61. The van der Waals surface area contributed by atoms with Crippen molar-refractivity contribution >= 4 is 5.91 Å². The van der Waals surface area contributed by atoms with Gasteiger partial charge in [0.15, 0.2) is 5.60 Å². The molecular weight excluding hydrogens is 314 g/mol. The Bertz CT molecular complexity index is 329. The van der Waals surface area contributed by atoms with Gasteiger partial charge < -0.3 is 15.2 Å². The largest absolute Gasteiger partial charge is 0.396 e. The van der Waals surface area contributed by atoms with E-state index < -0.39 is 5.60 Å². The number of carbonyl (C=O) groups is 1. The van der Waals surface area contributed by atoms with Crippen LogP contribution in [0, 0.1) is 0 Å². The van der Waals surface area contributed by atoms with E-state index in [1.54, 1.807) is 0 Å². The molecule has 0 radical (unpaired) electrons. The normalized spacial score (nSPS) is 19.1. The lowest BCUT2D eigenvalue weighted by molar-refractivity contribution is -0.126. The number of hydrogen-bond donors (Lipinski definition) is 2. The number of aliphatic hydroxyl groups is 1. The summed E-state index contributed by atoms with van der Waals surface area (Å²) in [4.78, 5) is 12.0. The maximum atomic E-state index is 12.0. The number of ether oxygens (including phenoxy) is 1. The smallest absolute Gasteiger partial charge is 0.254 e. The van der Waals surface area contributed by atoms with E-state index in [0.717, 1.165) is 12.8 Å². The van der Waals surface area contributed by atoms with Crippen LogP contribution >= 0.6 is 0 Å². The fraction of sp³-hybridized carbons (Fsp3) is 0.952. The third-order valence-electron chi connectivity index (χ3n) is 5.21. The molecule has 1 saturated heterocycles. The van der Waals surface area contributed by atoms with Crippen molar-refractivity contribution in [1.29, 1.82) is 0 Å². The summed E-state index contributed by atoms with van der Waals surface area (Å²) in [5, 5.41) is 11.6. The van der Waals surface area contributed by atoms with Crippen molar-refractivity contribution in [2.24, 2.45) is 0 Å². The molecular formula is C21H41NO3. The van der Waals surface area contributed by atoms with E-state index in [0.29, 0.717) is 19.6 Å². The van der Waals surface area contributed by atoms with E-state index in [1.165, 1.54) is 77.0 Å². The predicted molar refractivity (Wildman–Crippen MR) is 104 cm³/mol. The average Bonchev–Trinajstić information content (AvgIpc) is 3.40. The van der Waals surface area contributed by atoms with Gasteiger partial charge in [-0.1, -0.05) is 84.0 Å². The minimum atomic E-state index is -0.534. The molecule has 1 amide bonds. The van der Waals surface area contributed by atoms with E-state index >= 15 is 0 Å². The molecule has 0 aromatic heterocycles. The van der Waals surface area contributed by atoms with Crippen molar-refractivity contribution in [3.63, 3.8) is 0 Å². The summed E-state index contributed by atoms with van der Waals surface area (Å²) in [6, 6.07) is 0. The number of rotatable bonds is 18. The van der Waals surface area contributed by atoms with Crippen LogP contribution in [0.3, 0.4) is 0 Å². The topological polar surface area (TPSA) is 61.9 Å². The second-order valence-electron chi connectivity index (χ2n) is 7.61. The summed E-state index contributed by atoms with van der Waals surface area (Å²) in [6.45, 7) is 3.49. The Morgan fingerprint density at radius 3 is 1.80 bits per heavy atom. The molecule has 0 bridgehead atoms. The first-order valence-corrected chi connectivity index (χ1v) is 10.8. The quantitative estimate of drug-likeness (QED) is 0.276. The fourth-order valence-electron chi connectivity index (χ4n) is 3.35. The zero-order valence-corrected chi connectivity index (χ0v) is 16.5. The molecule has 0 saturated carbocycles. The molecule has 1 rings (SSSR count). The summed E-state index contributed by atoms with van der Waals surface area (Å²) < 4.78 is 5.42. The molecule has 4 heteroatoms. The highest BCUT2D eigenvalue weighted by Crippen LogP contribution is 2.33. The lowest BCUT2D eigenvalue weighted by atomic mass is 9.99. The molecule has 0 spiro atoms. The predicted octanol–water partition coefficient (Wildman–Crippen LogP) is 4.74. The molecule has 0 aromatic carbocycles. The van der Waals surface area contributed by atoms with E-state index in [-0.39, 0.29) is 12.5 Å². The van der Waals surface area contributed by atoms with Crippen LogP contribution in [0.5, 0.6) is 0 Å². The summed E-state index contributed by atoms with van der Waals surface area (Å²) in [7, 11) is 0. The van der Waals surface area contributed by atoms with E-state index in [4.69, 9.17) is 9.84 Å². The Hall–Kier alpha value is -0.610. The Balaban J connectivity index is 1.85. The highest BCUT2D eigenvalue weighted by atomic mass is 16.6. The number of epoxide rings is 1. The van der Waals surface area contributed by atoms with Crippen LogP contribution in [0.4, 0.5) is 0 Å². The highest BCUT2D eigenvalue weighted by molar-refractivity contribution is 5.87. The Labute approximate surface area is 155 Å². The monoisotopic (exact) mass is 355 g/mol. The number of nitrogens with one attached hydrogen (secondary N) is 1. The molecule has 1 atom stereocenters. The average molecular weight is 356 g/mol. The van der Waals surface area contributed by atoms with Crippen LogP contribution in [0.15, 0.2) is 0 Å². The van der Waals surface area contributed by atoms with Gasteiger partial charge in [-0.25, -0.2) is 0 Å². The molecule has 25 heavy (non-hydrogen) atoms. The van der Waals surface area contributed by atoms with Gasteiger partial charge in [0.05, 0.1) is 6.61 Å². The third kappa shape index (κ3) is 10.9. The van der Waals surface area contributed by atoms with Crippen LogP contribution < -0.4 is 5.32 Å². The summed E-state index contributed by atoms with van der Waals surface area (Å²) in [5.74, 6) is 0.0138. The molecule has 148 valence electrons. The first-order chi connectivity index (χ1) is 12.2. The maximum Gasteiger partial charge on any atom is 0.254 e. The molecule has 1 aliphatic rings. The first-order valence-electron chi connectivity index (χ1n) is 10.8. The number of amides is 1. The van der Waals surface area contributed by atoms with Crippen LogP contribution in [0.2, 0.25) is 0 Å². The van der Waals surface area contributed by atoms with Crippen molar-refractivity contribution in [3.8, 4) is 0 Å². The van der Waals surface area contributed by atoms with Crippen molar-refractivity contribution < 1.29 is 14.6 Å². The Kier molecular flexibility index (Phi) is 13.1.